The summed E-state index contributed by atoms with van der Waals surface area (Å²) < 4.78 is 5.97. The number of fused-ring (bicyclic) bond motifs is 1. The Kier molecular flexibility index (Phi) is 7.96. The molecule has 0 saturated heterocycles. The van der Waals surface area contributed by atoms with E-state index in [0.29, 0.717) is 12.3 Å². The molecule has 0 bridgehead atoms. The fraction of sp³-hybridized carbons (Fsp3) is 0.417. The van der Waals surface area contributed by atoms with Gasteiger partial charge in [-0.1, -0.05) is 48.7 Å². The number of aromatic nitrogens is 1. The number of amides is 1. The normalized spacial score (nSPS) is 16.0. The van der Waals surface area contributed by atoms with Crippen LogP contribution in [0.1, 0.15) is 51.3 Å². The number of halogens is 1. The van der Waals surface area contributed by atoms with Crippen molar-refractivity contribution in [3.8, 4) is 0 Å². The molecule has 1 aromatic carbocycles. The van der Waals surface area contributed by atoms with Gasteiger partial charge in [-0.2, -0.15) is 0 Å². The molecule has 1 amide bonds. The van der Waals surface area contributed by atoms with Crippen molar-refractivity contribution in [3.63, 3.8) is 0 Å². The number of ether oxygens (including phenoxy) is 1. The second kappa shape index (κ2) is 10.7. The number of esters is 1. The van der Waals surface area contributed by atoms with Gasteiger partial charge in [0.1, 0.15) is 6.04 Å². The number of aliphatic imine (C=N–C) groups is 1. The van der Waals surface area contributed by atoms with Crippen molar-refractivity contribution in [1.82, 2.24) is 4.98 Å². The van der Waals surface area contributed by atoms with Crippen molar-refractivity contribution >= 4 is 39.2 Å². The van der Waals surface area contributed by atoms with Gasteiger partial charge in [-0.15, -0.1) is 0 Å². The molecular formula is C24H28BrN3O3. The third kappa shape index (κ3) is 5.21. The Labute approximate surface area is 191 Å². The minimum absolute atomic E-state index is 0.0903. The number of anilines is 1. The number of hydrogen-bond acceptors (Lipinski definition) is 5. The number of rotatable bonds is 8. The molecule has 2 aromatic rings. The first kappa shape index (κ1) is 23.1. The van der Waals surface area contributed by atoms with E-state index in [9.17, 15) is 9.59 Å². The minimum Gasteiger partial charge on any atom is -0.466 e. The van der Waals surface area contributed by atoms with Gasteiger partial charge in [-0.3, -0.25) is 19.6 Å². The van der Waals surface area contributed by atoms with Gasteiger partial charge in [0.2, 0.25) is 0 Å². The average molecular weight is 486 g/mol. The van der Waals surface area contributed by atoms with E-state index in [-0.39, 0.29) is 30.8 Å². The minimum atomic E-state index is -0.541. The predicted molar refractivity (Wildman–Crippen MR) is 125 cm³/mol. The molecule has 2 heterocycles. The number of carbonyl (C=O) groups excluding carboxylic acids is 2. The first-order valence-corrected chi connectivity index (χ1v) is 11.6. The molecule has 3 rings (SSSR count). The number of benzene rings is 1. The Morgan fingerprint density at radius 2 is 1.97 bits per heavy atom. The lowest BCUT2D eigenvalue weighted by Gasteiger charge is -2.28. The van der Waals surface area contributed by atoms with Crippen LogP contribution in [0, 0.1) is 5.92 Å². The van der Waals surface area contributed by atoms with Gasteiger partial charge in [0.05, 0.1) is 30.1 Å². The second-order valence-corrected chi connectivity index (χ2v) is 8.34. The Balaban J connectivity index is 2.15. The monoisotopic (exact) mass is 485 g/mol. The van der Waals surface area contributed by atoms with Crippen LogP contribution in [-0.2, 0) is 14.3 Å². The second-order valence-electron chi connectivity index (χ2n) is 7.42. The first-order chi connectivity index (χ1) is 15.0. The van der Waals surface area contributed by atoms with E-state index >= 15 is 0 Å². The van der Waals surface area contributed by atoms with Crippen LogP contribution in [0.15, 0.2) is 52.1 Å². The predicted octanol–water partition coefficient (Wildman–Crippen LogP) is 4.79. The lowest BCUT2D eigenvalue weighted by molar-refractivity contribution is -0.142. The summed E-state index contributed by atoms with van der Waals surface area (Å²) >= 11 is 3.55. The molecular weight excluding hydrogens is 458 g/mol. The van der Waals surface area contributed by atoms with E-state index in [0.717, 1.165) is 34.3 Å². The van der Waals surface area contributed by atoms with Gasteiger partial charge in [-0.05, 0) is 43.2 Å². The fourth-order valence-corrected chi connectivity index (χ4v) is 4.25. The van der Waals surface area contributed by atoms with E-state index in [1.807, 2.05) is 36.4 Å². The highest BCUT2D eigenvalue weighted by Gasteiger charge is 2.36. The molecule has 6 nitrogen and oxygen atoms in total. The highest BCUT2D eigenvalue weighted by Crippen LogP contribution is 2.33. The molecule has 1 aliphatic rings. The summed E-state index contributed by atoms with van der Waals surface area (Å²) in [6.45, 7) is 6.50. The molecule has 0 unspecified atom stereocenters. The van der Waals surface area contributed by atoms with Gasteiger partial charge in [0.15, 0.2) is 0 Å². The molecule has 0 aliphatic carbocycles. The molecule has 0 spiro atoms. The van der Waals surface area contributed by atoms with Crippen molar-refractivity contribution in [2.24, 2.45) is 10.9 Å². The molecule has 164 valence electrons. The first-order valence-electron chi connectivity index (χ1n) is 10.8. The summed E-state index contributed by atoms with van der Waals surface area (Å²) in [5, 5.41) is 0. The quantitative estimate of drug-likeness (QED) is 0.504. The van der Waals surface area contributed by atoms with E-state index in [1.54, 1.807) is 18.0 Å². The summed E-state index contributed by atoms with van der Waals surface area (Å²) in [6.07, 6.45) is 3.52. The van der Waals surface area contributed by atoms with Crippen molar-refractivity contribution in [2.75, 3.05) is 18.1 Å². The van der Waals surface area contributed by atoms with Gasteiger partial charge >= 0.3 is 5.97 Å². The Hall–Kier alpha value is -2.54. The topological polar surface area (TPSA) is 71.9 Å². The van der Waals surface area contributed by atoms with Crippen molar-refractivity contribution in [3.05, 3.63) is 58.3 Å². The number of benzodiazepines with no additional fused rings is 1. The van der Waals surface area contributed by atoms with Crippen LogP contribution in [0.25, 0.3) is 0 Å². The van der Waals surface area contributed by atoms with Crippen LogP contribution >= 0.6 is 15.9 Å². The molecule has 0 N–H and O–H groups in total. The maximum absolute atomic E-state index is 13.7. The summed E-state index contributed by atoms with van der Waals surface area (Å²) in [4.78, 5) is 37.0. The summed E-state index contributed by atoms with van der Waals surface area (Å²) in [6, 6.07) is 10.9. The van der Waals surface area contributed by atoms with E-state index < -0.39 is 6.04 Å². The standard InChI is InChI=1S/C24H28BrN3O3/c1-4-16(5-2)22-24(30)28(14-12-21(29)31-6-3)20-11-10-17(25)15-18(20)23(27-22)19-9-7-8-13-26-19/h7-11,13,15-16,22H,4-6,12,14H2,1-3H3/t22-/m0/s1. The van der Waals surface area contributed by atoms with Crippen LogP contribution in [0.2, 0.25) is 0 Å². The van der Waals surface area contributed by atoms with Gasteiger partial charge < -0.3 is 9.64 Å². The molecule has 31 heavy (non-hydrogen) atoms. The van der Waals surface area contributed by atoms with Crippen LogP contribution in [0.4, 0.5) is 5.69 Å². The average Bonchev–Trinajstić information content (AvgIpc) is 2.89. The van der Waals surface area contributed by atoms with Crippen molar-refractivity contribution in [2.45, 2.75) is 46.1 Å². The lowest BCUT2D eigenvalue weighted by Crippen LogP contribution is -2.42. The molecule has 0 radical (unpaired) electrons. The van der Waals surface area contributed by atoms with E-state index in [1.165, 1.54) is 0 Å². The van der Waals surface area contributed by atoms with E-state index in [2.05, 4.69) is 34.8 Å². The molecule has 1 aromatic heterocycles. The maximum atomic E-state index is 13.7. The zero-order valence-electron chi connectivity index (χ0n) is 18.2. The van der Waals surface area contributed by atoms with E-state index in [4.69, 9.17) is 9.73 Å². The van der Waals surface area contributed by atoms with Gasteiger partial charge in [0.25, 0.3) is 5.91 Å². The molecule has 1 atom stereocenters. The summed E-state index contributed by atoms with van der Waals surface area (Å²) in [5.74, 6) is -0.315. The van der Waals surface area contributed by atoms with Crippen LogP contribution < -0.4 is 4.90 Å². The van der Waals surface area contributed by atoms with Crippen molar-refractivity contribution < 1.29 is 14.3 Å². The van der Waals surface area contributed by atoms with Gasteiger partial charge in [0, 0.05) is 22.8 Å². The zero-order chi connectivity index (χ0) is 22.4. The third-order valence-corrected chi connectivity index (χ3v) is 6.03. The number of hydrogen-bond donors (Lipinski definition) is 0. The summed E-state index contributed by atoms with van der Waals surface area (Å²) in [5.41, 5.74) is 2.97. The third-order valence-electron chi connectivity index (χ3n) is 5.54. The number of carbonyl (C=O) groups is 2. The van der Waals surface area contributed by atoms with Gasteiger partial charge in [-0.25, -0.2) is 0 Å². The zero-order valence-corrected chi connectivity index (χ0v) is 19.8. The Morgan fingerprint density at radius 1 is 1.19 bits per heavy atom. The molecule has 0 fully saturated rings. The SMILES string of the molecule is CCOC(=O)CCN1C(=O)[C@H](C(CC)CC)N=C(c2ccccn2)c2cc(Br)ccc21. The van der Waals surface area contributed by atoms with Crippen LogP contribution in [-0.4, -0.2) is 41.8 Å². The lowest BCUT2D eigenvalue weighted by atomic mass is 9.93. The van der Waals surface area contributed by atoms with Crippen molar-refractivity contribution in [1.29, 1.82) is 0 Å². The Bertz CT molecular complexity index is 958. The van der Waals surface area contributed by atoms with Crippen LogP contribution in [0.5, 0.6) is 0 Å². The maximum Gasteiger partial charge on any atom is 0.307 e. The largest absolute Gasteiger partial charge is 0.466 e. The number of pyridine rings is 1. The molecule has 1 aliphatic heterocycles. The molecule has 0 saturated carbocycles. The Morgan fingerprint density at radius 3 is 2.61 bits per heavy atom. The highest BCUT2D eigenvalue weighted by molar-refractivity contribution is 9.10. The smallest absolute Gasteiger partial charge is 0.307 e. The van der Waals surface area contributed by atoms with Crippen LogP contribution in [0.3, 0.4) is 0 Å². The number of nitrogens with zero attached hydrogens (tertiary/aromatic N) is 3. The summed E-state index contributed by atoms with van der Waals surface area (Å²) in [7, 11) is 0. The highest BCUT2D eigenvalue weighted by atomic mass is 79.9. The fourth-order valence-electron chi connectivity index (χ4n) is 3.89. The molecule has 7 heteroatoms.